The number of rotatable bonds is 3. The summed E-state index contributed by atoms with van der Waals surface area (Å²) < 4.78 is 0. The molecule has 8 heteroatoms. The van der Waals surface area contributed by atoms with Gasteiger partial charge in [0.25, 0.3) is 0 Å². The van der Waals surface area contributed by atoms with E-state index in [1.165, 1.54) is 11.3 Å². The smallest absolute Gasteiger partial charge is 0.223 e. The van der Waals surface area contributed by atoms with Crippen LogP contribution in [0.4, 0.5) is 0 Å². The van der Waals surface area contributed by atoms with Crippen LogP contribution in [0.15, 0.2) is 23.1 Å². The van der Waals surface area contributed by atoms with E-state index in [1.807, 2.05) is 32.2 Å². The van der Waals surface area contributed by atoms with Crippen LogP contribution in [0.5, 0.6) is 0 Å². The van der Waals surface area contributed by atoms with Gasteiger partial charge in [-0.05, 0) is 49.7 Å². The molecule has 0 fully saturated rings. The van der Waals surface area contributed by atoms with Crippen LogP contribution >= 0.6 is 11.3 Å². The van der Waals surface area contributed by atoms with Crippen LogP contribution in [0.2, 0.25) is 0 Å². The molecule has 0 saturated heterocycles. The Hall–Kier alpha value is -1.87. The molecule has 1 aliphatic rings. The molecule has 35 heavy (non-hydrogen) atoms. The summed E-state index contributed by atoms with van der Waals surface area (Å²) in [5.41, 5.74) is 6.27. The molecule has 0 spiro atoms. The molecule has 196 valence electrons. The topological polar surface area (TPSA) is 126 Å². The summed E-state index contributed by atoms with van der Waals surface area (Å²) in [7, 11) is 0. The summed E-state index contributed by atoms with van der Waals surface area (Å²) in [5, 5.41) is 27.5. The van der Waals surface area contributed by atoms with Crippen molar-refractivity contribution in [3.8, 4) is 0 Å². The number of carbonyl (C=O) groups excluding carboxylic acids is 2. The van der Waals surface area contributed by atoms with Gasteiger partial charge in [-0.25, -0.2) is 4.98 Å². The number of hydrogen-bond donors (Lipinski definition) is 4. The first-order valence-electron chi connectivity index (χ1n) is 12.6. The average Bonchev–Trinajstić information content (AvgIpc) is 3.27. The van der Waals surface area contributed by atoms with Gasteiger partial charge in [-0.1, -0.05) is 46.8 Å². The molecule has 2 heterocycles. The lowest BCUT2D eigenvalue weighted by Crippen LogP contribution is -2.47. The van der Waals surface area contributed by atoms with E-state index >= 15 is 0 Å². The molecule has 0 unspecified atom stereocenters. The highest BCUT2D eigenvalue weighted by Gasteiger charge is 2.42. The lowest BCUT2D eigenvalue weighted by molar-refractivity contribution is -0.143. The monoisotopic (exact) mass is 505 g/mol. The van der Waals surface area contributed by atoms with Crippen molar-refractivity contribution in [3.63, 3.8) is 0 Å². The zero-order chi connectivity index (χ0) is 26.3. The largest absolute Gasteiger partial charge is 0.392 e. The fourth-order valence-electron chi connectivity index (χ4n) is 4.68. The number of nitrogens with zero attached hydrogens (tertiary/aromatic N) is 1. The predicted molar refractivity (Wildman–Crippen MR) is 141 cm³/mol. The van der Waals surface area contributed by atoms with Gasteiger partial charge in [0.15, 0.2) is 0 Å². The summed E-state index contributed by atoms with van der Waals surface area (Å²) in [6, 6.07) is -0.291. The van der Waals surface area contributed by atoms with Crippen molar-refractivity contribution in [2.24, 2.45) is 28.9 Å². The Bertz CT molecular complexity index is 923. The number of amides is 1. The maximum absolute atomic E-state index is 13.2. The number of hydrogen-bond acceptors (Lipinski definition) is 7. The second-order valence-corrected chi connectivity index (χ2v) is 11.5. The van der Waals surface area contributed by atoms with Crippen LogP contribution in [0.3, 0.4) is 0 Å². The van der Waals surface area contributed by atoms with Crippen LogP contribution in [-0.2, 0) is 16.1 Å². The lowest BCUT2D eigenvalue weighted by Gasteiger charge is -2.35. The van der Waals surface area contributed by atoms with Crippen molar-refractivity contribution in [2.45, 2.75) is 92.0 Å². The van der Waals surface area contributed by atoms with Gasteiger partial charge in [-0.2, -0.15) is 0 Å². The fourth-order valence-corrected chi connectivity index (χ4v) is 5.31. The van der Waals surface area contributed by atoms with E-state index in [1.54, 1.807) is 20.8 Å². The van der Waals surface area contributed by atoms with Crippen LogP contribution in [0.1, 0.15) is 77.9 Å². The summed E-state index contributed by atoms with van der Waals surface area (Å²) in [5.74, 6) is -1.23. The highest BCUT2D eigenvalue weighted by molar-refractivity contribution is 7.09. The maximum atomic E-state index is 13.2. The van der Waals surface area contributed by atoms with Crippen molar-refractivity contribution in [2.75, 3.05) is 0 Å². The molecular weight excluding hydrogens is 462 g/mol. The van der Waals surface area contributed by atoms with Crippen LogP contribution in [0, 0.1) is 23.2 Å². The first-order chi connectivity index (χ1) is 16.4. The van der Waals surface area contributed by atoms with Crippen LogP contribution < -0.4 is 11.1 Å². The Labute approximate surface area is 213 Å². The van der Waals surface area contributed by atoms with Crippen molar-refractivity contribution < 1.29 is 19.8 Å². The highest BCUT2D eigenvalue weighted by Crippen LogP contribution is 2.32. The number of thiazole rings is 1. The molecule has 1 aliphatic heterocycles. The fraction of sp³-hybridized carbons (Fsp3) is 0.667. The average molecular weight is 506 g/mol. The molecule has 0 bridgehead atoms. The summed E-state index contributed by atoms with van der Waals surface area (Å²) in [6.45, 7) is 11.4. The minimum Gasteiger partial charge on any atom is -0.392 e. The second kappa shape index (κ2) is 12.9. The molecule has 0 saturated carbocycles. The molecule has 5 N–H and O–H groups in total. The Kier molecular flexibility index (Phi) is 10.8. The number of Topliss-reactive ketones (excluding diaryl/α,β-unsaturated/α-hetero) is 1. The molecule has 0 radical (unpaired) electrons. The zero-order valence-corrected chi connectivity index (χ0v) is 22.8. The van der Waals surface area contributed by atoms with E-state index in [9.17, 15) is 19.8 Å². The molecule has 1 amide bonds. The number of aliphatic hydroxyl groups excluding tert-OH is 2. The number of nitrogens with one attached hydrogen (secondary N) is 1. The minimum atomic E-state index is -1.17. The van der Waals surface area contributed by atoms with Gasteiger partial charge in [0.1, 0.15) is 10.8 Å². The van der Waals surface area contributed by atoms with Gasteiger partial charge >= 0.3 is 0 Å². The highest BCUT2D eigenvalue weighted by atomic mass is 32.1. The maximum Gasteiger partial charge on any atom is 0.223 e. The lowest BCUT2D eigenvalue weighted by atomic mass is 9.73. The van der Waals surface area contributed by atoms with Gasteiger partial charge in [-0.15, -0.1) is 11.3 Å². The molecular formula is C27H43N3O4S. The molecule has 0 aliphatic carbocycles. The van der Waals surface area contributed by atoms with Crippen LogP contribution in [0.25, 0.3) is 6.08 Å². The van der Waals surface area contributed by atoms with Crippen molar-refractivity contribution in [1.82, 2.24) is 10.3 Å². The van der Waals surface area contributed by atoms with E-state index in [0.29, 0.717) is 6.54 Å². The summed E-state index contributed by atoms with van der Waals surface area (Å²) in [6.07, 6.45) is 6.55. The molecule has 0 aromatic carbocycles. The summed E-state index contributed by atoms with van der Waals surface area (Å²) >= 11 is 1.50. The Balaban J connectivity index is 2.34. The van der Waals surface area contributed by atoms with Crippen molar-refractivity contribution in [3.05, 3.63) is 33.8 Å². The molecule has 7 nitrogen and oxygen atoms in total. The SMILES string of the molecule is C/C(=C\c1csc(CN)n1)[C@H]1NC(=O)C[C@H](O)C(C)(C)C(=O)[C@H](C)[C@@H](O)[C@@H](C)CCC/C=C\[C@@H]1C. The number of ketones is 1. The molecule has 1 aromatic rings. The van der Waals surface area contributed by atoms with Crippen LogP contribution in [-0.4, -0.2) is 45.1 Å². The van der Waals surface area contributed by atoms with Gasteiger partial charge in [0, 0.05) is 17.8 Å². The van der Waals surface area contributed by atoms with Gasteiger partial charge in [-0.3, -0.25) is 9.59 Å². The third-order valence-corrected chi connectivity index (χ3v) is 8.17. The van der Waals surface area contributed by atoms with E-state index in [2.05, 4.69) is 22.5 Å². The standard InChI is InChI=1S/C27H43N3O4S/c1-16-10-8-7-9-11-17(2)25(33)19(4)26(34)27(5,6)21(31)13-22(32)30-24(16)18(3)12-20-15-35-23(14-28)29-20/h8,10,12,15-17,19,21,24-25,31,33H,7,9,11,13-14,28H2,1-6H3,(H,30,32)/b10-8-,18-12+/t16-,17-,19+,21-,24-,25-/m0/s1. The van der Waals surface area contributed by atoms with Gasteiger partial charge < -0.3 is 21.3 Å². The number of allylic oxidation sites excluding steroid dienone is 1. The third kappa shape index (κ3) is 7.81. The van der Waals surface area contributed by atoms with Crippen molar-refractivity contribution in [1.29, 1.82) is 0 Å². The molecule has 1 aromatic heterocycles. The Morgan fingerprint density at radius 2 is 1.97 bits per heavy atom. The Morgan fingerprint density at radius 3 is 2.60 bits per heavy atom. The van der Waals surface area contributed by atoms with Crippen molar-refractivity contribution >= 4 is 29.1 Å². The van der Waals surface area contributed by atoms with E-state index in [0.717, 1.165) is 35.5 Å². The first kappa shape index (κ1) is 29.4. The number of aromatic nitrogens is 1. The molecule has 6 atom stereocenters. The Morgan fingerprint density at radius 1 is 1.29 bits per heavy atom. The normalized spacial score (nSPS) is 32.8. The quantitative estimate of drug-likeness (QED) is 0.463. The number of nitrogens with two attached hydrogens (primary N) is 1. The van der Waals surface area contributed by atoms with E-state index in [4.69, 9.17) is 5.73 Å². The minimum absolute atomic E-state index is 0.00513. The summed E-state index contributed by atoms with van der Waals surface area (Å²) in [4.78, 5) is 30.7. The number of aliphatic hydroxyl groups is 2. The molecule has 2 rings (SSSR count). The third-order valence-electron chi connectivity index (χ3n) is 7.28. The first-order valence-corrected chi connectivity index (χ1v) is 13.5. The van der Waals surface area contributed by atoms with E-state index in [-0.39, 0.29) is 36.0 Å². The van der Waals surface area contributed by atoms with Gasteiger partial charge in [0.05, 0.1) is 35.8 Å². The second-order valence-electron chi connectivity index (χ2n) is 10.6. The van der Waals surface area contributed by atoms with E-state index < -0.39 is 23.5 Å². The predicted octanol–water partition coefficient (Wildman–Crippen LogP) is 3.85. The number of carbonyl (C=O) groups is 2. The zero-order valence-electron chi connectivity index (χ0n) is 22.0. The van der Waals surface area contributed by atoms with Gasteiger partial charge in [0.2, 0.25) is 5.91 Å².